The molecular weight excluding hydrogens is 188 g/mol. The van der Waals surface area contributed by atoms with Crippen molar-refractivity contribution in [3.63, 3.8) is 0 Å². The van der Waals surface area contributed by atoms with Crippen LogP contribution in [-0.2, 0) is 6.54 Å². The molecule has 4 heteroatoms. The fraction of sp³-hybridized carbons (Fsp3) is 0.727. The van der Waals surface area contributed by atoms with Crippen molar-refractivity contribution >= 4 is 11.5 Å². The number of rotatable bonds is 1. The third-order valence-corrected chi connectivity index (χ3v) is 2.94. The summed E-state index contributed by atoms with van der Waals surface area (Å²) in [6, 6.07) is 0. The van der Waals surface area contributed by atoms with Crippen molar-refractivity contribution < 1.29 is 0 Å². The van der Waals surface area contributed by atoms with Gasteiger partial charge >= 0.3 is 0 Å². The van der Waals surface area contributed by atoms with Gasteiger partial charge in [0.1, 0.15) is 11.5 Å². The average Bonchev–Trinajstić information content (AvgIpc) is 2.35. The van der Waals surface area contributed by atoms with Gasteiger partial charge in [-0.2, -0.15) is 5.10 Å². The Morgan fingerprint density at radius 3 is 2.87 bits per heavy atom. The van der Waals surface area contributed by atoms with Gasteiger partial charge in [-0.3, -0.25) is 0 Å². The Kier molecular flexibility index (Phi) is 2.37. The lowest BCUT2D eigenvalue weighted by Gasteiger charge is -2.25. The largest absolute Gasteiger partial charge is 0.380 e. The van der Waals surface area contributed by atoms with E-state index in [1.165, 1.54) is 5.69 Å². The third-order valence-electron chi connectivity index (χ3n) is 2.94. The number of nitrogens with one attached hydrogen (secondary N) is 2. The molecule has 84 valence electrons. The van der Waals surface area contributed by atoms with Crippen molar-refractivity contribution in [2.75, 3.05) is 17.2 Å². The number of hydrogen-bond acceptors (Lipinski definition) is 3. The van der Waals surface area contributed by atoms with E-state index < -0.39 is 0 Å². The SMILES string of the molecule is CCn1nc(C)c2c1NC(C)(C)CCN2. The van der Waals surface area contributed by atoms with E-state index in [1.807, 2.05) is 4.68 Å². The summed E-state index contributed by atoms with van der Waals surface area (Å²) in [6.45, 7) is 10.5. The Balaban J connectivity index is 2.44. The van der Waals surface area contributed by atoms with Crippen molar-refractivity contribution in [1.29, 1.82) is 0 Å². The standard InChI is InChI=1S/C11H20N4/c1-5-15-10-9(8(2)14-15)12-7-6-11(3,4)13-10/h12-13H,5-7H2,1-4H3. The molecule has 1 aromatic heterocycles. The minimum atomic E-state index is 0.137. The van der Waals surface area contributed by atoms with E-state index >= 15 is 0 Å². The Morgan fingerprint density at radius 1 is 1.47 bits per heavy atom. The van der Waals surface area contributed by atoms with E-state index in [9.17, 15) is 0 Å². The monoisotopic (exact) mass is 208 g/mol. The summed E-state index contributed by atoms with van der Waals surface area (Å²) in [4.78, 5) is 0. The first kappa shape index (κ1) is 10.3. The summed E-state index contributed by atoms with van der Waals surface area (Å²) < 4.78 is 2.03. The topological polar surface area (TPSA) is 41.9 Å². The molecule has 0 saturated carbocycles. The maximum atomic E-state index is 4.51. The van der Waals surface area contributed by atoms with Gasteiger partial charge in [0.05, 0.1) is 5.69 Å². The van der Waals surface area contributed by atoms with E-state index in [4.69, 9.17) is 0 Å². The van der Waals surface area contributed by atoms with Crippen LogP contribution in [0.15, 0.2) is 0 Å². The van der Waals surface area contributed by atoms with Crippen LogP contribution in [0.25, 0.3) is 0 Å². The molecule has 4 nitrogen and oxygen atoms in total. The maximum Gasteiger partial charge on any atom is 0.148 e. The summed E-state index contributed by atoms with van der Waals surface area (Å²) in [5, 5.41) is 11.5. The number of anilines is 2. The van der Waals surface area contributed by atoms with Gasteiger partial charge in [0.2, 0.25) is 0 Å². The minimum absolute atomic E-state index is 0.137. The fourth-order valence-electron chi connectivity index (χ4n) is 2.03. The number of aromatic nitrogens is 2. The molecule has 2 heterocycles. The molecule has 0 radical (unpaired) electrons. The number of nitrogens with zero attached hydrogens (tertiary/aromatic N) is 2. The highest BCUT2D eigenvalue weighted by Gasteiger charge is 2.26. The maximum absolute atomic E-state index is 4.51. The van der Waals surface area contributed by atoms with Crippen molar-refractivity contribution in [2.24, 2.45) is 0 Å². The Hall–Kier alpha value is -1.19. The van der Waals surface area contributed by atoms with Crippen LogP contribution in [0.3, 0.4) is 0 Å². The normalized spacial score (nSPS) is 18.7. The Morgan fingerprint density at radius 2 is 2.20 bits per heavy atom. The first-order valence-corrected chi connectivity index (χ1v) is 5.63. The van der Waals surface area contributed by atoms with Crippen LogP contribution in [0.1, 0.15) is 32.9 Å². The molecule has 0 amide bonds. The molecule has 1 aliphatic heterocycles. The highest BCUT2D eigenvalue weighted by atomic mass is 15.4. The average molecular weight is 208 g/mol. The van der Waals surface area contributed by atoms with Crippen molar-refractivity contribution in [3.8, 4) is 0 Å². The van der Waals surface area contributed by atoms with E-state index in [0.29, 0.717) is 0 Å². The molecule has 0 saturated heterocycles. The molecule has 15 heavy (non-hydrogen) atoms. The van der Waals surface area contributed by atoms with Crippen LogP contribution in [0, 0.1) is 6.92 Å². The van der Waals surface area contributed by atoms with E-state index in [0.717, 1.165) is 31.0 Å². The first-order chi connectivity index (χ1) is 7.03. The summed E-state index contributed by atoms with van der Waals surface area (Å²) in [7, 11) is 0. The highest BCUT2D eigenvalue weighted by molar-refractivity contribution is 5.69. The molecule has 0 spiro atoms. The second-order valence-corrected chi connectivity index (χ2v) is 4.81. The fourth-order valence-corrected chi connectivity index (χ4v) is 2.03. The van der Waals surface area contributed by atoms with Crippen LogP contribution in [-0.4, -0.2) is 21.9 Å². The zero-order valence-corrected chi connectivity index (χ0v) is 10.0. The van der Waals surface area contributed by atoms with Gasteiger partial charge in [0.25, 0.3) is 0 Å². The molecular formula is C11H20N4. The van der Waals surface area contributed by atoms with Gasteiger partial charge in [0, 0.05) is 18.6 Å². The second-order valence-electron chi connectivity index (χ2n) is 4.81. The number of fused-ring (bicyclic) bond motifs is 1. The van der Waals surface area contributed by atoms with Gasteiger partial charge in [0.15, 0.2) is 0 Å². The Labute approximate surface area is 91.1 Å². The van der Waals surface area contributed by atoms with Crippen molar-refractivity contribution in [3.05, 3.63) is 5.69 Å². The quantitative estimate of drug-likeness (QED) is 0.743. The third kappa shape index (κ3) is 1.80. The molecule has 1 aliphatic rings. The molecule has 0 bridgehead atoms. The summed E-state index contributed by atoms with van der Waals surface area (Å²) in [5.41, 5.74) is 2.39. The summed E-state index contributed by atoms with van der Waals surface area (Å²) in [6.07, 6.45) is 1.12. The Bertz CT molecular complexity index is 365. The minimum Gasteiger partial charge on any atom is -0.380 e. The lowest BCUT2D eigenvalue weighted by Crippen LogP contribution is -2.32. The van der Waals surface area contributed by atoms with Crippen LogP contribution in [0.4, 0.5) is 11.5 Å². The van der Waals surface area contributed by atoms with E-state index in [2.05, 4.69) is 43.4 Å². The van der Waals surface area contributed by atoms with Crippen LogP contribution >= 0.6 is 0 Å². The molecule has 2 rings (SSSR count). The van der Waals surface area contributed by atoms with Gasteiger partial charge in [-0.15, -0.1) is 0 Å². The number of hydrogen-bond donors (Lipinski definition) is 2. The number of aryl methyl sites for hydroxylation is 2. The predicted molar refractivity (Wildman–Crippen MR) is 63.4 cm³/mol. The molecule has 2 N–H and O–H groups in total. The van der Waals surface area contributed by atoms with Gasteiger partial charge < -0.3 is 10.6 Å². The molecule has 0 aromatic carbocycles. The second kappa shape index (κ2) is 3.43. The smallest absolute Gasteiger partial charge is 0.148 e. The summed E-state index contributed by atoms with van der Waals surface area (Å²) in [5.74, 6) is 1.14. The van der Waals surface area contributed by atoms with Crippen LogP contribution in [0.2, 0.25) is 0 Å². The van der Waals surface area contributed by atoms with E-state index in [-0.39, 0.29) is 5.54 Å². The molecule has 1 aromatic rings. The van der Waals surface area contributed by atoms with Crippen LogP contribution < -0.4 is 10.6 Å². The lowest BCUT2D eigenvalue weighted by molar-refractivity contribution is 0.527. The zero-order valence-electron chi connectivity index (χ0n) is 10.0. The van der Waals surface area contributed by atoms with Gasteiger partial charge in [-0.1, -0.05) is 0 Å². The molecule has 0 unspecified atom stereocenters. The van der Waals surface area contributed by atoms with E-state index in [1.54, 1.807) is 0 Å². The zero-order chi connectivity index (χ0) is 11.1. The highest BCUT2D eigenvalue weighted by Crippen LogP contribution is 2.32. The first-order valence-electron chi connectivity index (χ1n) is 5.63. The molecule has 0 fully saturated rings. The lowest BCUT2D eigenvalue weighted by atomic mass is 10.0. The van der Waals surface area contributed by atoms with Crippen LogP contribution in [0.5, 0.6) is 0 Å². The van der Waals surface area contributed by atoms with Gasteiger partial charge in [-0.05, 0) is 34.1 Å². The van der Waals surface area contributed by atoms with Gasteiger partial charge in [-0.25, -0.2) is 4.68 Å². The predicted octanol–water partition coefficient (Wildman–Crippen LogP) is 2.22. The van der Waals surface area contributed by atoms with Crippen molar-refractivity contribution in [2.45, 2.75) is 46.2 Å². The molecule has 0 atom stereocenters. The molecule has 0 aliphatic carbocycles. The van der Waals surface area contributed by atoms with Crippen molar-refractivity contribution in [1.82, 2.24) is 9.78 Å². The summed E-state index contributed by atoms with van der Waals surface area (Å²) >= 11 is 0.